The molecule has 0 radical (unpaired) electrons. The highest BCUT2D eigenvalue weighted by Crippen LogP contribution is 2.21. The first kappa shape index (κ1) is 17.9. The molecule has 1 aliphatic rings. The number of allylic oxidation sites excluding steroid dienone is 1. The van der Waals surface area contributed by atoms with Crippen LogP contribution < -0.4 is 10.6 Å². The number of hydrogen-bond acceptors (Lipinski definition) is 6. The molecule has 1 aromatic carbocycles. The van der Waals surface area contributed by atoms with Gasteiger partial charge in [-0.05, 0) is 56.4 Å². The smallest absolute Gasteiger partial charge is 0.337 e. The normalized spacial score (nSPS) is 13.7. The third-order valence-corrected chi connectivity index (χ3v) is 4.38. The van der Waals surface area contributed by atoms with Gasteiger partial charge in [-0.2, -0.15) is 0 Å². The van der Waals surface area contributed by atoms with Crippen LogP contribution in [0.3, 0.4) is 0 Å². The Labute approximate surface area is 153 Å². The number of nitrogens with zero attached hydrogens (tertiary/aromatic N) is 2. The van der Waals surface area contributed by atoms with E-state index >= 15 is 0 Å². The number of hydrogen-bond donors (Lipinski definition) is 2. The molecule has 0 unspecified atom stereocenters. The molecule has 6 heteroatoms. The average molecular weight is 352 g/mol. The van der Waals surface area contributed by atoms with Crippen molar-refractivity contribution in [3.05, 3.63) is 53.9 Å². The Balaban J connectivity index is 1.55. The Morgan fingerprint density at radius 1 is 1.15 bits per heavy atom. The zero-order chi connectivity index (χ0) is 18.2. The zero-order valence-corrected chi connectivity index (χ0v) is 15.0. The first-order chi connectivity index (χ1) is 12.7. The number of nitrogens with one attached hydrogen (secondary N) is 2. The fourth-order valence-corrected chi connectivity index (χ4v) is 2.96. The average Bonchev–Trinajstić information content (AvgIpc) is 2.69. The van der Waals surface area contributed by atoms with Gasteiger partial charge in [0.2, 0.25) is 0 Å². The lowest BCUT2D eigenvalue weighted by Gasteiger charge is -2.13. The molecule has 0 atom stereocenters. The molecule has 0 amide bonds. The quantitative estimate of drug-likeness (QED) is 0.571. The maximum atomic E-state index is 11.5. The molecular formula is C20H24N4O2. The van der Waals surface area contributed by atoms with E-state index in [2.05, 4.69) is 26.7 Å². The summed E-state index contributed by atoms with van der Waals surface area (Å²) in [4.78, 5) is 20.0. The van der Waals surface area contributed by atoms with Crippen molar-refractivity contribution >= 4 is 23.3 Å². The molecule has 0 saturated heterocycles. The molecule has 2 N–H and O–H groups in total. The molecule has 26 heavy (non-hydrogen) atoms. The second-order valence-corrected chi connectivity index (χ2v) is 6.27. The summed E-state index contributed by atoms with van der Waals surface area (Å²) >= 11 is 0. The number of anilines is 3. The van der Waals surface area contributed by atoms with Crippen LogP contribution in [0.25, 0.3) is 0 Å². The number of methoxy groups -OCH3 is 1. The molecule has 0 fully saturated rings. The number of esters is 1. The van der Waals surface area contributed by atoms with Crippen LogP contribution in [-0.4, -0.2) is 29.6 Å². The molecule has 0 bridgehead atoms. The van der Waals surface area contributed by atoms with E-state index in [1.165, 1.54) is 39.1 Å². The molecule has 1 aromatic heterocycles. The van der Waals surface area contributed by atoms with Crippen molar-refractivity contribution < 1.29 is 9.53 Å². The van der Waals surface area contributed by atoms with Gasteiger partial charge in [0, 0.05) is 18.3 Å². The van der Waals surface area contributed by atoms with Crippen LogP contribution in [0.15, 0.2) is 48.3 Å². The molecule has 0 saturated carbocycles. The van der Waals surface area contributed by atoms with Crippen LogP contribution in [0.1, 0.15) is 42.5 Å². The van der Waals surface area contributed by atoms with E-state index in [-0.39, 0.29) is 5.97 Å². The summed E-state index contributed by atoms with van der Waals surface area (Å²) in [7, 11) is 1.37. The zero-order valence-electron chi connectivity index (χ0n) is 15.0. The monoisotopic (exact) mass is 352 g/mol. The fraction of sp³-hybridized carbons (Fsp3) is 0.350. The minimum Gasteiger partial charge on any atom is -0.465 e. The molecule has 136 valence electrons. The van der Waals surface area contributed by atoms with Crippen molar-refractivity contribution in [1.29, 1.82) is 0 Å². The van der Waals surface area contributed by atoms with Crippen LogP contribution in [0, 0.1) is 0 Å². The Morgan fingerprint density at radius 3 is 2.69 bits per heavy atom. The molecular weight excluding hydrogens is 328 g/mol. The van der Waals surface area contributed by atoms with Gasteiger partial charge in [-0.1, -0.05) is 11.6 Å². The van der Waals surface area contributed by atoms with E-state index in [0.29, 0.717) is 11.4 Å². The number of carbonyl (C=O) groups is 1. The molecule has 1 aliphatic carbocycles. The largest absolute Gasteiger partial charge is 0.465 e. The third kappa shape index (κ3) is 5.05. The van der Waals surface area contributed by atoms with Crippen molar-refractivity contribution in [2.75, 3.05) is 24.3 Å². The predicted octanol–water partition coefficient (Wildman–Crippen LogP) is 4.31. The molecule has 1 heterocycles. The molecule has 0 aliphatic heterocycles. The summed E-state index contributed by atoms with van der Waals surface area (Å²) < 4.78 is 4.70. The van der Waals surface area contributed by atoms with E-state index in [9.17, 15) is 4.79 Å². The number of carbonyl (C=O) groups excluding carboxylic acids is 1. The van der Waals surface area contributed by atoms with Gasteiger partial charge in [-0.15, -0.1) is 0 Å². The lowest BCUT2D eigenvalue weighted by Crippen LogP contribution is -2.06. The topological polar surface area (TPSA) is 76.1 Å². The Hall–Kier alpha value is -2.89. The first-order valence-electron chi connectivity index (χ1n) is 8.94. The SMILES string of the molecule is COC(=O)c1ccc(Nc2cc(NCCC3=CCCCC3)ncn2)cc1. The predicted molar refractivity (Wildman–Crippen MR) is 103 cm³/mol. The fourth-order valence-electron chi connectivity index (χ4n) is 2.96. The summed E-state index contributed by atoms with van der Waals surface area (Å²) in [6.45, 7) is 0.871. The van der Waals surface area contributed by atoms with Gasteiger partial charge in [-0.3, -0.25) is 0 Å². The van der Waals surface area contributed by atoms with Crippen LogP contribution in [-0.2, 0) is 4.74 Å². The Kier molecular flexibility index (Phi) is 6.19. The highest BCUT2D eigenvalue weighted by Gasteiger charge is 2.06. The third-order valence-electron chi connectivity index (χ3n) is 4.38. The molecule has 6 nitrogen and oxygen atoms in total. The number of ether oxygens (including phenoxy) is 1. The maximum absolute atomic E-state index is 11.5. The summed E-state index contributed by atoms with van der Waals surface area (Å²) in [6, 6.07) is 8.94. The maximum Gasteiger partial charge on any atom is 0.337 e. The van der Waals surface area contributed by atoms with Crippen LogP contribution in [0.5, 0.6) is 0 Å². The Morgan fingerprint density at radius 2 is 1.96 bits per heavy atom. The van der Waals surface area contributed by atoms with Crippen molar-refractivity contribution in [3.8, 4) is 0 Å². The lowest BCUT2D eigenvalue weighted by atomic mass is 9.97. The minimum absolute atomic E-state index is 0.349. The first-order valence-corrected chi connectivity index (χ1v) is 8.94. The summed E-state index contributed by atoms with van der Waals surface area (Å²) in [5.74, 6) is 1.15. The summed E-state index contributed by atoms with van der Waals surface area (Å²) in [6.07, 6.45) is 10.0. The van der Waals surface area contributed by atoms with E-state index in [0.717, 1.165) is 24.5 Å². The van der Waals surface area contributed by atoms with Gasteiger partial charge >= 0.3 is 5.97 Å². The summed E-state index contributed by atoms with van der Waals surface area (Å²) in [5.41, 5.74) is 2.90. The van der Waals surface area contributed by atoms with E-state index in [1.54, 1.807) is 17.7 Å². The number of rotatable bonds is 7. The lowest BCUT2D eigenvalue weighted by molar-refractivity contribution is 0.0601. The minimum atomic E-state index is -0.349. The van der Waals surface area contributed by atoms with Crippen molar-refractivity contribution in [2.45, 2.75) is 32.1 Å². The van der Waals surface area contributed by atoms with Crippen molar-refractivity contribution in [3.63, 3.8) is 0 Å². The van der Waals surface area contributed by atoms with E-state index in [4.69, 9.17) is 4.74 Å². The van der Waals surface area contributed by atoms with Crippen LogP contribution in [0.4, 0.5) is 17.3 Å². The highest BCUT2D eigenvalue weighted by atomic mass is 16.5. The summed E-state index contributed by atoms with van der Waals surface area (Å²) in [5, 5.41) is 6.57. The molecule has 0 spiro atoms. The van der Waals surface area contributed by atoms with Crippen molar-refractivity contribution in [2.24, 2.45) is 0 Å². The molecule has 3 rings (SSSR count). The van der Waals surface area contributed by atoms with Gasteiger partial charge < -0.3 is 15.4 Å². The van der Waals surface area contributed by atoms with E-state index in [1.807, 2.05) is 18.2 Å². The molecule has 2 aromatic rings. The number of aromatic nitrogens is 2. The second-order valence-electron chi connectivity index (χ2n) is 6.27. The Bertz CT molecular complexity index is 772. The van der Waals surface area contributed by atoms with Gasteiger partial charge in [0.1, 0.15) is 18.0 Å². The van der Waals surface area contributed by atoms with Crippen molar-refractivity contribution in [1.82, 2.24) is 9.97 Å². The second kappa shape index (κ2) is 8.99. The van der Waals surface area contributed by atoms with Gasteiger partial charge in [0.15, 0.2) is 0 Å². The van der Waals surface area contributed by atoms with Gasteiger partial charge in [0.25, 0.3) is 0 Å². The standard InChI is InChI=1S/C20H24N4O2/c1-26-20(25)16-7-9-17(10-8-16)24-19-13-18(22-14-23-19)21-12-11-15-5-3-2-4-6-15/h5,7-10,13-14H,2-4,6,11-12H2,1H3,(H2,21,22,23,24). The van der Waals surface area contributed by atoms with Crippen LogP contribution in [0.2, 0.25) is 0 Å². The highest BCUT2D eigenvalue weighted by molar-refractivity contribution is 5.89. The van der Waals surface area contributed by atoms with Crippen LogP contribution >= 0.6 is 0 Å². The number of benzene rings is 1. The van der Waals surface area contributed by atoms with Gasteiger partial charge in [-0.25, -0.2) is 14.8 Å². The van der Waals surface area contributed by atoms with E-state index < -0.39 is 0 Å². The van der Waals surface area contributed by atoms with Gasteiger partial charge in [0.05, 0.1) is 12.7 Å².